The molecule has 0 saturated heterocycles. The molecule has 0 saturated carbocycles. The molecule has 0 fully saturated rings. The van der Waals surface area contributed by atoms with Crippen molar-refractivity contribution >= 4 is 0 Å². The Balaban J connectivity index is 1.62. The van der Waals surface area contributed by atoms with Crippen molar-refractivity contribution in [3.63, 3.8) is 0 Å². The molecule has 0 heterocycles. The molecular weight excluding hydrogens is 274 g/mol. The van der Waals surface area contributed by atoms with Gasteiger partial charge in [0.05, 0.1) is 6.54 Å². The molecule has 118 valence electrons. The van der Waals surface area contributed by atoms with Crippen molar-refractivity contribution in [2.24, 2.45) is 0 Å². The van der Waals surface area contributed by atoms with E-state index in [0.29, 0.717) is 13.2 Å². The highest BCUT2D eigenvalue weighted by molar-refractivity contribution is 5.28. The van der Waals surface area contributed by atoms with E-state index < -0.39 is 6.10 Å². The SMILES string of the molecule is CCc1cccc(OC[C@@H](O)C[NH2+]CCc2ccccc2)c1. The standard InChI is InChI=1S/C19H25NO2/c1-2-16-9-6-10-19(13-16)22-15-18(21)14-20-12-11-17-7-4-3-5-8-17/h3-10,13,18,20-21H,2,11-12,14-15H2,1H3/p+1/t18-/m0/s1. The average Bonchev–Trinajstić information content (AvgIpc) is 2.58. The quantitative estimate of drug-likeness (QED) is 0.694. The zero-order valence-corrected chi connectivity index (χ0v) is 13.2. The van der Waals surface area contributed by atoms with Gasteiger partial charge in [-0.25, -0.2) is 0 Å². The predicted octanol–water partition coefficient (Wildman–Crippen LogP) is 1.79. The molecule has 2 rings (SSSR count). The third-order valence-electron chi connectivity index (χ3n) is 3.67. The highest BCUT2D eigenvalue weighted by Crippen LogP contribution is 2.13. The molecule has 22 heavy (non-hydrogen) atoms. The van der Waals surface area contributed by atoms with Gasteiger partial charge in [-0.3, -0.25) is 0 Å². The number of aryl methyl sites for hydroxylation is 1. The van der Waals surface area contributed by atoms with Crippen LogP contribution in [0.3, 0.4) is 0 Å². The number of nitrogens with two attached hydrogens (primary N) is 1. The van der Waals surface area contributed by atoms with E-state index in [1.54, 1.807) is 0 Å². The maximum absolute atomic E-state index is 9.98. The smallest absolute Gasteiger partial charge is 0.137 e. The summed E-state index contributed by atoms with van der Waals surface area (Å²) in [6.07, 6.45) is 1.57. The van der Waals surface area contributed by atoms with Crippen LogP contribution in [0.2, 0.25) is 0 Å². The Labute approximate surface area is 133 Å². The van der Waals surface area contributed by atoms with Gasteiger partial charge in [-0.2, -0.15) is 0 Å². The fourth-order valence-corrected chi connectivity index (χ4v) is 2.34. The number of aliphatic hydroxyl groups is 1. The Morgan fingerprint density at radius 1 is 1.05 bits per heavy atom. The minimum absolute atomic E-state index is 0.342. The first-order valence-corrected chi connectivity index (χ1v) is 8.03. The van der Waals surface area contributed by atoms with Crippen molar-refractivity contribution in [2.75, 3.05) is 19.7 Å². The number of aliphatic hydroxyl groups excluding tert-OH is 1. The van der Waals surface area contributed by atoms with Crippen LogP contribution in [0.1, 0.15) is 18.1 Å². The lowest BCUT2D eigenvalue weighted by Crippen LogP contribution is -2.87. The molecule has 2 aromatic rings. The molecule has 1 atom stereocenters. The fraction of sp³-hybridized carbons (Fsp3) is 0.368. The van der Waals surface area contributed by atoms with Crippen molar-refractivity contribution < 1.29 is 15.2 Å². The van der Waals surface area contributed by atoms with E-state index in [0.717, 1.165) is 25.1 Å². The van der Waals surface area contributed by atoms with Crippen molar-refractivity contribution in [3.8, 4) is 5.75 Å². The van der Waals surface area contributed by atoms with Crippen LogP contribution < -0.4 is 10.1 Å². The molecule has 3 nitrogen and oxygen atoms in total. The second-order valence-corrected chi connectivity index (χ2v) is 5.51. The van der Waals surface area contributed by atoms with Gasteiger partial charge in [-0.15, -0.1) is 0 Å². The van der Waals surface area contributed by atoms with Gasteiger partial charge in [0.1, 0.15) is 25.0 Å². The first-order chi connectivity index (χ1) is 10.8. The van der Waals surface area contributed by atoms with Gasteiger partial charge in [-0.05, 0) is 29.7 Å². The highest BCUT2D eigenvalue weighted by atomic mass is 16.5. The van der Waals surface area contributed by atoms with Crippen LogP contribution in [0.5, 0.6) is 5.75 Å². The lowest BCUT2D eigenvalue weighted by atomic mass is 10.1. The van der Waals surface area contributed by atoms with Crippen LogP contribution in [-0.4, -0.2) is 30.9 Å². The van der Waals surface area contributed by atoms with E-state index in [4.69, 9.17) is 4.74 Å². The summed E-state index contributed by atoms with van der Waals surface area (Å²) in [6, 6.07) is 18.5. The molecule has 0 aliphatic rings. The van der Waals surface area contributed by atoms with Gasteiger partial charge in [0, 0.05) is 6.42 Å². The van der Waals surface area contributed by atoms with E-state index in [2.05, 4.69) is 42.6 Å². The van der Waals surface area contributed by atoms with E-state index in [1.165, 1.54) is 11.1 Å². The van der Waals surface area contributed by atoms with Gasteiger partial charge in [0.25, 0.3) is 0 Å². The van der Waals surface area contributed by atoms with Gasteiger partial charge in [-0.1, -0.05) is 49.4 Å². The second kappa shape index (κ2) is 9.23. The molecule has 0 bridgehead atoms. The number of hydrogen-bond donors (Lipinski definition) is 2. The van der Waals surface area contributed by atoms with Crippen LogP contribution in [0, 0.1) is 0 Å². The molecule has 3 heteroatoms. The zero-order valence-electron chi connectivity index (χ0n) is 13.2. The number of benzene rings is 2. The maximum atomic E-state index is 9.98. The summed E-state index contributed by atoms with van der Waals surface area (Å²) >= 11 is 0. The Hall–Kier alpha value is -1.84. The lowest BCUT2D eigenvalue weighted by molar-refractivity contribution is -0.660. The van der Waals surface area contributed by atoms with Crippen LogP contribution >= 0.6 is 0 Å². The highest BCUT2D eigenvalue weighted by Gasteiger charge is 2.07. The number of hydrogen-bond acceptors (Lipinski definition) is 2. The minimum atomic E-state index is -0.443. The summed E-state index contributed by atoms with van der Waals surface area (Å²) in [5, 5.41) is 12.1. The third kappa shape index (κ3) is 5.88. The van der Waals surface area contributed by atoms with Crippen molar-refractivity contribution in [3.05, 3.63) is 65.7 Å². The molecule has 0 amide bonds. The molecular formula is C19H26NO2+. The van der Waals surface area contributed by atoms with Crippen LogP contribution in [0.25, 0.3) is 0 Å². The van der Waals surface area contributed by atoms with E-state index in [1.807, 2.05) is 24.3 Å². The summed E-state index contributed by atoms with van der Waals surface area (Å²) in [5.41, 5.74) is 2.59. The van der Waals surface area contributed by atoms with Crippen molar-refractivity contribution in [1.82, 2.24) is 0 Å². The van der Waals surface area contributed by atoms with E-state index in [-0.39, 0.29) is 0 Å². The van der Waals surface area contributed by atoms with Crippen LogP contribution in [0.4, 0.5) is 0 Å². The molecule has 0 unspecified atom stereocenters. The largest absolute Gasteiger partial charge is 0.491 e. The molecule has 0 aliphatic heterocycles. The summed E-state index contributed by atoms with van der Waals surface area (Å²) in [5.74, 6) is 0.836. The van der Waals surface area contributed by atoms with Gasteiger partial charge >= 0.3 is 0 Å². The first-order valence-electron chi connectivity index (χ1n) is 8.03. The summed E-state index contributed by atoms with van der Waals surface area (Å²) < 4.78 is 5.66. The predicted molar refractivity (Wildman–Crippen MR) is 89.1 cm³/mol. The van der Waals surface area contributed by atoms with Crippen LogP contribution in [0.15, 0.2) is 54.6 Å². The molecule has 0 aromatic heterocycles. The van der Waals surface area contributed by atoms with Crippen molar-refractivity contribution in [2.45, 2.75) is 25.9 Å². The third-order valence-corrected chi connectivity index (χ3v) is 3.67. The van der Waals surface area contributed by atoms with E-state index >= 15 is 0 Å². The zero-order chi connectivity index (χ0) is 15.6. The summed E-state index contributed by atoms with van der Waals surface area (Å²) in [6.45, 7) is 4.11. The lowest BCUT2D eigenvalue weighted by Gasteiger charge is -2.12. The molecule has 0 aliphatic carbocycles. The van der Waals surface area contributed by atoms with Crippen molar-refractivity contribution in [1.29, 1.82) is 0 Å². The van der Waals surface area contributed by atoms with Crippen LogP contribution in [-0.2, 0) is 12.8 Å². The average molecular weight is 300 g/mol. The monoisotopic (exact) mass is 300 g/mol. The van der Waals surface area contributed by atoms with Gasteiger partial charge in [0.15, 0.2) is 0 Å². The molecule has 2 aromatic carbocycles. The number of rotatable bonds is 9. The fourth-order valence-electron chi connectivity index (χ4n) is 2.34. The summed E-state index contributed by atoms with van der Waals surface area (Å²) in [7, 11) is 0. The number of ether oxygens (including phenoxy) is 1. The second-order valence-electron chi connectivity index (χ2n) is 5.51. The molecule has 0 radical (unpaired) electrons. The Kier molecular flexibility index (Phi) is 6.94. The topological polar surface area (TPSA) is 46.1 Å². The molecule has 3 N–H and O–H groups in total. The van der Waals surface area contributed by atoms with Gasteiger partial charge < -0.3 is 15.2 Å². The van der Waals surface area contributed by atoms with Gasteiger partial charge in [0.2, 0.25) is 0 Å². The summed E-state index contributed by atoms with van der Waals surface area (Å²) in [4.78, 5) is 0. The first kappa shape index (κ1) is 16.5. The Bertz CT molecular complexity index is 542. The van der Waals surface area contributed by atoms with E-state index in [9.17, 15) is 5.11 Å². The Morgan fingerprint density at radius 3 is 2.59 bits per heavy atom. The maximum Gasteiger partial charge on any atom is 0.137 e. The minimum Gasteiger partial charge on any atom is -0.491 e. The number of quaternary nitrogens is 1. The molecule has 0 spiro atoms. The normalized spacial score (nSPS) is 12.1. The Morgan fingerprint density at radius 2 is 1.82 bits per heavy atom.